The lowest BCUT2D eigenvalue weighted by molar-refractivity contribution is 0.612. The molecule has 0 nitrogen and oxygen atoms in total. The molecule has 0 saturated heterocycles. The fraction of sp³-hybridized carbons (Fsp3) is 0.250. The Morgan fingerprint density at radius 2 is 1.58 bits per heavy atom. The summed E-state index contributed by atoms with van der Waals surface area (Å²) in [7, 11) is 0. The third-order valence-corrected chi connectivity index (χ3v) is 4.11. The largest absolute Gasteiger partial charge is 0.207 e. The normalized spacial score (nSPS) is 12.5. The molecule has 1 atom stereocenters. The number of hydrogen-bond donors (Lipinski definition) is 0. The van der Waals surface area contributed by atoms with Crippen molar-refractivity contribution in [3.05, 3.63) is 69.0 Å². The van der Waals surface area contributed by atoms with E-state index in [0.717, 1.165) is 22.3 Å². The van der Waals surface area contributed by atoms with Crippen molar-refractivity contribution in [1.29, 1.82) is 0 Å². The zero-order valence-corrected chi connectivity index (χ0v) is 12.6. The number of aryl methyl sites for hydroxylation is 3. The quantitative estimate of drug-likeness (QED) is 0.621. The van der Waals surface area contributed by atoms with Gasteiger partial charge in [-0.3, -0.25) is 0 Å². The Hall–Kier alpha value is -1.05. The third-order valence-electron chi connectivity index (χ3n) is 3.31. The second kappa shape index (κ2) is 5.52. The molecular formula is C16H15Cl2F. The van der Waals surface area contributed by atoms with Crippen molar-refractivity contribution < 1.29 is 4.39 Å². The van der Waals surface area contributed by atoms with Crippen LogP contribution >= 0.6 is 23.2 Å². The maximum Gasteiger partial charge on any atom is 0.128 e. The molecule has 2 rings (SSSR count). The topological polar surface area (TPSA) is 0 Å². The Morgan fingerprint density at radius 1 is 0.947 bits per heavy atom. The lowest BCUT2D eigenvalue weighted by atomic mass is 9.98. The summed E-state index contributed by atoms with van der Waals surface area (Å²) < 4.78 is 13.9. The highest BCUT2D eigenvalue weighted by molar-refractivity contribution is 6.33. The summed E-state index contributed by atoms with van der Waals surface area (Å²) in [6.45, 7) is 5.89. The van der Waals surface area contributed by atoms with Crippen molar-refractivity contribution in [2.45, 2.75) is 26.1 Å². The summed E-state index contributed by atoms with van der Waals surface area (Å²) >= 11 is 12.6. The summed E-state index contributed by atoms with van der Waals surface area (Å²) in [6, 6.07) is 8.73. The minimum absolute atomic E-state index is 0.306. The van der Waals surface area contributed by atoms with Gasteiger partial charge in [-0.25, -0.2) is 4.39 Å². The lowest BCUT2D eigenvalue weighted by Gasteiger charge is -2.15. The molecule has 2 aromatic carbocycles. The van der Waals surface area contributed by atoms with Crippen molar-refractivity contribution in [2.24, 2.45) is 0 Å². The van der Waals surface area contributed by atoms with E-state index >= 15 is 0 Å². The molecule has 0 saturated carbocycles. The van der Waals surface area contributed by atoms with E-state index in [2.05, 4.69) is 0 Å². The first-order chi connectivity index (χ1) is 8.90. The van der Waals surface area contributed by atoms with E-state index in [1.165, 1.54) is 6.07 Å². The molecule has 0 bridgehead atoms. The molecule has 0 aliphatic rings. The van der Waals surface area contributed by atoms with Gasteiger partial charge in [0.2, 0.25) is 0 Å². The maximum atomic E-state index is 13.9. The summed E-state index contributed by atoms with van der Waals surface area (Å²) in [5.41, 5.74) is 4.38. The summed E-state index contributed by atoms with van der Waals surface area (Å²) in [5.74, 6) is -0.306. The average molecular weight is 297 g/mol. The number of halogens is 3. The van der Waals surface area contributed by atoms with E-state index in [1.807, 2.05) is 32.9 Å². The molecule has 0 aliphatic carbocycles. The van der Waals surface area contributed by atoms with Crippen LogP contribution in [0.15, 0.2) is 30.3 Å². The Bertz CT molecular complexity index is 620. The second-order valence-corrected chi connectivity index (χ2v) is 5.69. The molecule has 100 valence electrons. The molecule has 1 unspecified atom stereocenters. The van der Waals surface area contributed by atoms with Crippen LogP contribution < -0.4 is 0 Å². The zero-order chi connectivity index (χ0) is 14.2. The molecule has 0 amide bonds. The van der Waals surface area contributed by atoms with Crippen LogP contribution in [0.3, 0.4) is 0 Å². The number of alkyl halides is 1. The minimum Gasteiger partial charge on any atom is -0.207 e. The van der Waals surface area contributed by atoms with Crippen molar-refractivity contribution in [3.63, 3.8) is 0 Å². The molecule has 0 heterocycles. The third kappa shape index (κ3) is 2.93. The maximum absolute atomic E-state index is 13.9. The van der Waals surface area contributed by atoms with E-state index in [0.29, 0.717) is 10.6 Å². The van der Waals surface area contributed by atoms with Crippen LogP contribution in [-0.4, -0.2) is 0 Å². The van der Waals surface area contributed by atoms with Gasteiger partial charge in [0, 0.05) is 10.6 Å². The van der Waals surface area contributed by atoms with Crippen LogP contribution in [0.4, 0.5) is 4.39 Å². The van der Waals surface area contributed by atoms with E-state index in [1.54, 1.807) is 12.1 Å². The van der Waals surface area contributed by atoms with Gasteiger partial charge < -0.3 is 0 Å². The van der Waals surface area contributed by atoms with E-state index in [9.17, 15) is 4.39 Å². The van der Waals surface area contributed by atoms with Gasteiger partial charge in [-0.15, -0.1) is 11.6 Å². The zero-order valence-electron chi connectivity index (χ0n) is 11.1. The summed E-state index contributed by atoms with van der Waals surface area (Å²) in [5, 5.41) is -0.00398. The van der Waals surface area contributed by atoms with Gasteiger partial charge in [0.05, 0.1) is 5.38 Å². The molecule has 3 heteroatoms. The van der Waals surface area contributed by atoms with Gasteiger partial charge in [-0.05, 0) is 49.6 Å². The van der Waals surface area contributed by atoms with Crippen LogP contribution in [0.5, 0.6) is 0 Å². The van der Waals surface area contributed by atoms with Crippen molar-refractivity contribution in [3.8, 4) is 0 Å². The van der Waals surface area contributed by atoms with E-state index < -0.39 is 5.38 Å². The smallest absolute Gasteiger partial charge is 0.128 e. The molecule has 0 aliphatic heterocycles. The number of hydrogen-bond acceptors (Lipinski definition) is 0. The molecule has 0 N–H and O–H groups in total. The molecule has 0 aromatic heterocycles. The van der Waals surface area contributed by atoms with Crippen molar-refractivity contribution in [1.82, 2.24) is 0 Å². The number of rotatable bonds is 2. The Kier molecular flexibility index (Phi) is 4.17. The fourth-order valence-corrected chi connectivity index (χ4v) is 2.75. The van der Waals surface area contributed by atoms with Crippen LogP contribution in [0, 0.1) is 26.6 Å². The van der Waals surface area contributed by atoms with Crippen molar-refractivity contribution >= 4 is 23.2 Å². The Morgan fingerprint density at radius 3 is 2.26 bits per heavy atom. The minimum atomic E-state index is -0.577. The van der Waals surface area contributed by atoms with Gasteiger partial charge >= 0.3 is 0 Å². The predicted octanol–water partition coefficient (Wildman–Crippen LogP) is 5.73. The standard InChI is InChI=1S/C16H15Cl2F/c1-9-4-5-15(19)13(6-9)16(18)12-7-10(2)11(3)8-14(12)17/h4-8,16H,1-3H3. The number of benzene rings is 2. The van der Waals surface area contributed by atoms with E-state index in [4.69, 9.17) is 23.2 Å². The van der Waals surface area contributed by atoms with Gasteiger partial charge in [0.15, 0.2) is 0 Å². The predicted molar refractivity (Wildman–Crippen MR) is 79.8 cm³/mol. The highest BCUT2D eigenvalue weighted by Gasteiger charge is 2.18. The van der Waals surface area contributed by atoms with E-state index in [-0.39, 0.29) is 5.82 Å². The Balaban J connectivity index is 2.52. The lowest BCUT2D eigenvalue weighted by Crippen LogP contribution is -2.00. The van der Waals surface area contributed by atoms with Crippen LogP contribution in [0.25, 0.3) is 0 Å². The van der Waals surface area contributed by atoms with Crippen LogP contribution in [-0.2, 0) is 0 Å². The Labute approximate surface area is 123 Å². The van der Waals surface area contributed by atoms with Crippen molar-refractivity contribution in [2.75, 3.05) is 0 Å². The van der Waals surface area contributed by atoms with Crippen LogP contribution in [0.2, 0.25) is 5.02 Å². The second-order valence-electron chi connectivity index (χ2n) is 4.85. The molecular weight excluding hydrogens is 282 g/mol. The first-order valence-electron chi connectivity index (χ1n) is 6.07. The molecule has 0 spiro atoms. The first kappa shape index (κ1) is 14.4. The van der Waals surface area contributed by atoms with Crippen LogP contribution in [0.1, 0.15) is 33.2 Å². The highest BCUT2D eigenvalue weighted by atomic mass is 35.5. The molecule has 0 fully saturated rings. The van der Waals surface area contributed by atoms with Gasteiger partial charge in [0.1, 0.15) is 5.82 Å². The van der Waals surface area contributed by atoms with Gasteiger partial charge in [0.25, 0.3) is 0 Å². The highest BCUT2D eigenvalue weighted by Crippen LogP contribution is 2.36. The molecule has 2 aromatic rings. The average Bonchev–Trinajstić information content (AvgIpc) is 2.36. The SMILES string of the molecule is Cc1ccc(F)c(C(Cl)c2cc(C)c(C)cc2Cl)c1. The molecule has 19 heavy (non-hydrogen) atoms. The fourth-order valence-electron chi connectivity index (χ4n) is 2.02. The van der Waals surface area contributed by atoms with Gasteiger partial charge in [-0.2, -0.15) is 0 Å². The monoisotopic (exact) mass is 296 g/mol. The summed E-state index contributed by atoms with van der Waals surface area (Å²) in [6.07, 6.45) is 0. The molecule has 0 radical (unpaired) electrons. The summed E-state index contributed by atoms with van der Waals surface area (Å²) in [4.78, 5) is 0. The first-order valence-corrected chi connectivity index (χ1v) is 6.88. The van der Waals surface area contributed by atoms with Gasteiger partial charge in [-0.1, -0.05) is 35.4 Å².